The lowest BCUT2D eigenvalue weighted by Gasteiger charge is -2.47. The fraction of sp³-hybridized carbons (Fsp3) is 0.941. The molecule has 45 heavy (non-hydrogen) atoms. The van der Waals surface area contributed by atoms with E-state index >= 15 is 0 Å². The Morgan fingerprint density at radius 2 is 1.67 bits per heavy atom. The van der Waals surface area contributed by atoms with E-state index in [0.717, 1.165) is 13.1 Å². The van der Waals surface area contributed by atoms with Gasteiger partial charge in [-0.25, -0.2) is 0 Å². The molecule has 11 nitrogen and oxygen atoms in total. The lowest BCUT2D eigenvalue weighted by molar-refractivity contribution is -0.298. The first-order valence-corrected chi connectivity index (χ1v) is 17.1. The highest BCUT2D eigenvalue weighted by Gasteiger charge is 2.61. The molecule has 0 aromatic rings. The van der Waals surface area contributed by atoms with Crippen LogP contribution in [0, 0.1) is 23.7 Å². The van der Waals surface area contributed by atoms with Gasteiger partial charge < -0.3 is 38.3 Å². The SMILES string of the molecule is CC[C@H]1OC(C)(C)O[C@@]1(C)[C@@H]1OC(=O)[C@H](C)C(=O)[C@H](C)[C@@H](O[C@@H]2OC(C)CC(N3CCOCC3)C2O)[C@]2(C)CC(C)C(O2)[C@@H]1C. The molecule has 258 valence electrons. The smallest absolute Gasteiger partial charge is 0.316 e. The van der Waals surface area contributed by atoms with Crippen molar-refractivity contribution in [1.82, 2.24) is 4.90 Å². The van der Waals surface area contributed by atoms with Crippen LogP contribution in [0.2, 0.25) is 0 Å². The minimum atomic E-state index is -1.05. The van der Waals surface area contributed by atoms with Crippen molar-refractivity contribution >= 4 is 11.8 Å². The summed E-state index contributed by atoms with van der Waals surface area (Å²) in [6.45, 7) is 21.9. The van der Waals surface area contributed by atoms with Crippen molar-refractivity contribution in [3.05, 3.63) is 0 Å². The zero-order chi connectivity index (χ0) is 33.1. The van der Waals surface area contributed by atoms with E-state index in [2.05, 4.69) is 11.8 Å². The van der Waals surface area contributed by atoms with Gasteiger partial charge in [0.25, 0.3) is 0 Å². The third-order valence-electron chi connectivity index (χ3n) is 11.1. The average Bonchev–Trinajstić information content (AvgIpc) is 3.44. The molecule has 1 N–H and O–H groups in total. The summed E-state index contributed by atoms with van der Waals surface area (Å²) in [6.07, 6.45) is -2.29. The second-order valence-corrected chi connectivity index (χ2v) is 15.2. The van der Waals surface area contributed by atoms with Crippen molar-refractivity contribution in [3.63, 3.8) is 0 Å². The van der Waals surface area contributed by atoms with Crippen LogP contribution in [0.5, 0.6) is 0 Å². The minimum absolute atomic E-state index is 0.0488. The van der Waals surface area contributed by atoms with E-state index in [1.807, 2.05) is 48.5 Å². The molecule has 5 aliphatic heterocycles. The van der Waals surface area contributed by atoms with Gasteiger partial charge in [-0.15, -0.1) is 0 Å². The summed E-state index contributed by atoms with van der Waals surface area (Å²) < 4.78 is 44.6. The average molecular weight is 640 g/mol. The summed E-state index contributed by atoms with van der Waals surface area (Å²) in [5.41, 5.74) is -1.86. The number of ether oxygens (including phenoxy) is 7. The number of ketones is 1. The quantitative estimate of drug-likeness (QED) is 0.352. The van der Waals surface area contributed by atoms with Crippen LogP contribution in [0.4, 0.5) is 0 Å². The van der Waals surface area contributed by atoms with Gasteiger partial charge in [-0.2, -0.15) is 0 Å². The summed E-state index contributed by atoms with van der Waals surface area (Å²) >= 11 is 0. The molecule has 5 rings (SSSR count). The summed E-state index contributed by atoms with van der Waals surface area (Å²) in [5, 5.41) is 11.6. The number of aliphatic hydroxyl groups is 1. The van der Waals surface area contributed by atoms with E-state index in [1.54, 1.807) is 13.8 Å². The van der Waals surface area contributed by atoms with Crippen molar-refractivity contribution in [3.8, 4) is 0 Å². The number of nitrogens with zero attached hydrogens (tertiary/aromatic N) is 1. The Hall–Kier alpha value is -1.18. The molecular formula is C34H57NO10. The number of hydrogen-bond acceptors (Lipinski definition) is 11. The molecule has 0 aliphatic carbocycles. The number of Topliss-reactive ketones (excluding diaryl/α,β-unsaturated/α-hetero) is 1. The minimum Gasteiger partial charge on any atom is -0.458 e. The fourth-order valence-electron chi connectivity index (χ4n) is 9.00. The number of morpholine rings is 1. The fourth-order valence-corrected chi connectivity index (χ4v) is 9.00. The first kappa shape index (κ1) is 35.1. The summed E-state index contributed by atoms with van der Waals surface area (Å²) in [5.74, 6) is -3.80. The van der Waals surface area contributed by atoms with Crippen molar-refractivity contribution in [2.75, 3.05) is 26.3 Å². The van der Waals surface area contributed by atoms with Gasteiger partial charge in [0.15, 0.2) is 17.9 Å². The standard InChI is InChI=1S/C34H57NO10/c1-11-24-34(10,45-32(7,8)43-24)29-22(6)27-18(2)17-33(9,44-27)28(20(4)25(36)21(5)30(38)41-29)42-31-26(37)23(16-19(3)40-31)35-12-14-39-15-13-35/h18-24,26-29,31,37H,11-17H2,1-10H3/t18?,19?,20-,21+,22-,23?,24+,26?,27?,28+,29+,31-,33-,34+/m0/s1. The van der Waals surface area contributed by atoms with Crippen LogP contribution >= 0.6 is 0 Å². The largest absolute Gasteiger partial charge is 0.458 e. The van der Waals surface area contributed by atoms with Crippen LogP contribution in [0.1, 0.15) is 88.5 Å². The Labute approximate surface area is 268 Å². The van der Waals surface area contributed by atoms with Crippen LogP contribution in [-0.4, -0.2) is 114 Å². The number of carbonyl (C=O) groups excluding carboxylic acids is 2. The summed E-state index contributed by atoms with van der Waals surface area (Å²) in [4.78, 5) is 30.1. The number of esters is 1. The molecule has 11 heteroatoms. The molecule has 0 saturated carbocycles. The molecule has 0 spiro atoms. The van der Waals surface area contributed by atoms with Gasteiger partial charge in [-0.1, -0.05) is 27.7 Å². The molecule has 0 radical (unpaired) electrons. The Balaban J connectivity index is 1.48. The van der Waals surface area contributed by atoms with Crippen LogP contribution in [-0.2, 0) is 42.7 Å². The molecular weight excluding hydrogens is 582 g/mol. The Kier molecular flexibility index (Phi) is 10.2. The second kappa shape index (κ2) is 13.0. The van der Waals surface area contributed by atoms with Crippen molar-refractivity contribution < 1.29 is 47.9 Å². The number of cyclic esters (lactones) is 1. The van der Waals surface area contributed by atoms with Gasteiger partial charge in [0.05, 0.1) is 43.2 Å². The third-order valence-corrected chi connectivity index (χ3v) is 11.1. The van der Waals surface area contributed by atoms with E-state index in [9.17, 15) is 14.7 Å². The Bertz CT molecular complexity index is 1080. The normalized spacial score (nSPS) is 49.8. The molecule has 5 saturated heterocycles. The van der Waals surface area contributed by atoms with Gasteiger partial charge in [0.2, 0.25) is 0 Å². The maximum atomic E-state index is 14.1. The first-order chi connectivity index (χ1) is 21.0. The summed E-state index contributed by atoms with van der Waals surface area (Å²) in [7, 11) is 0. The number of fused-ring (bicyclic) bond motifs is 2. The monoisotopic (exact) mass is 639 g/mol. The molecule has 5 aliphatic rings. The molecule has 5 fully saturated rings. The highest BCUT2D eigenvalue weighted by Crippen LogP contribution is 2.50. The van der Waals surface area contributed by atoms with E-state index < -0.39 is 59.4 Å². The lowest BCUT2D eigenvalue weighted by Crippen LogP contribution is -2.60. The highest BCUT2D eigenvalue weighted by atomic mass is 16.8. The van der Waals surface area contributed by atoms with Gasteiger partial charge in [0.1, 0.15) is 23.7 Å². The Morgan fingerprint density at radius 3 is 2.31 bits per heavy atom. The number of aliphatic hydroxyl groups excluding tert-OH is 1. The van der Waals surface area contributed by atoms with Crippen LogP contribution < -0.4 is 0 Å². The highest BCUT2D eigenvalue weighted by molar-refractivity contribution is 6.00. The van der Waals surface area contributed by atoms with Gasteiger partial charge >= 0.3 is 5.97 Å². The van der Waals surface area contributed by atoms with Crippen molar-refractivity contribution in [2.45, 2.75) is 154 Å². The number of carbonyl (C=O) groups is 2. The summed E-state index contributed by atoms with van der Waals surface area (Å²) in [6, 6.07) is -0.166. The molecule has 5 unspecified atom stereocenters. The van der Waals surface area contributed by atoms with Gasteiger partial charge in [-0.3, -0.25) is 14.5 Å². The van der Waals surface area contributed by atoms with E-state index in [4.69, 9.17) is 33.2 Å². The van der Waals surface area contributed by atoms with E-state index in [0.29, 0.717) is 32.5 Å². The molecule has 0 aromatic heterocycles. The van der Waals surface area contributed by atoms with Gasteiger partial charge in [-0.05, 0) is 66.7 Å². The number of hydrogen-bond donors (Lipinski definition) is 1. The first-order valence-electron chi connectivity index (χ1n) is 17.1. The van der Waals surface area contributed by atoms with Gasteiger partial charge in [0, 0.05) is 31.0 Å². The third kappa shape index (κ3) is 6.62. The molecule has 5 heterocycles. The zero-order valence-electron chi connectivity index (χ0n) is 28.9. The lowest BCUT2D eigenvalue weighted by atomic mass is 9.76. The maximum Gasteiger partial charge on any atom is 0.316 e. The molecule has 0 aromatic carbocycles. The predicted octanol–water partition coefficient (Wildman–Crippen LogP) is 3.47. The Morgan fingerprint density at radius 1 is 1.00 bits per heavy atom. The molecule has 14 atom stereocenters. The predicted molar refractivity (Wildman–Crippen MR) is 164 cm³/mol. The topological polar surface area (TPSA) is 122 Å². The van der Waals surface area contributed by atoms with Crippen LogP contribution in [0.3, 0.4) is 0 Å². The van der Waals surface area contributed by atoms with Crippen LogP contribution in [0.15, 0.2) is 0 Å². The zero-order valence-corrected chi connectivity index (χ0v) is 28.9. The second-order valence-electron chi connectivity index (χ2n) is 15.2. The molecule has 2 bridgehead atoms. The van der Waals surface area contributed by atoms with Crippen molar-refractivity contribution in [2.24, 2.45) is 23.7 Å². The molecule has 0 amide bonds. The van der Waals surface area contributed by atoms with Crippen LogP contribution in [0.25, 0.3) is 0 Å². The van der Waals surface area contributed by atoms with Crippen molar-refractivity contribution in [1.29, 1.82) is 0 Å². The maximum absolute atomic E-state index is 14.1. The van der Waals surface area contributed by atoms with E-state index in [-0.39, 0.29) is 42.0 Å². The van der Waals surface area contributed by atoms with E-state index in [1.165, 1.54) is 0 Å². The number of rotatable bonds is 5.